The highest BCUT2D eigenvalue weighted by molar-refractivity contribution is 6.30. The molecule has 7 heteroatoms. The van der Waals surface area contributed by atoms with Gasteiger partial charge in [0.2, 0.25) is 5.91 Å². The molecule has 0 unspecified atom stereocenters. The van der Waals surface area contributed by atoms with Gasteiger partial charge in [0.15, 0.2) is 11.5 Å². The Morgan fingerprint density at radius 2 is 1.61 bits per heavy atom. The molecule has 1 amide bonds. The number of carboxylic acids is 1. The van der Waals surface area contributed by atoms with Gasteiger partial charge in [-0.1, -0.05) is 23.7 Å². The fourth-order valence-electron chi connectivity index (χ4n) is 4.12. The highest BCUT2D eigenvalue weighted by atomic mass is 35.5. The van der Waals surface area contributed by atoms with Crippen LogP contribution in [0.25, 0.3) is 0 Å². The van der Waals surface area contributed by atoms with Crippen LogP contribution in [0.5, 0.6) is 11.5 Å². The molecule has 170 valence electrons. The van der Waals surface area contributed by atoms with E-state index in [-0.39, 0.29) is 17.9 Å². The van der Waals surface area contributed by atoms with E-state index in [4.69, 9.17) is 21.1 Å². The van der Waals surface area contributed by atoms with Crippen molar-refractivity contribution in [3.05, 3.63) is 87.9 Å². The number of aromatic carboxylic acids is 1. The lowest BCUT2D eigenvalue weighted by atomic mass is 9.86. The van der Waals surface area contributed by atoms with Crippen LogP contribution in [0.3, 0.4) is 0 Å². The number of anilines is 1. The summed E-state index contributed by atoms with van der Waals surface area (Å²) < 4.78 is 11.6. The number of halogens is 1. The fourth-order valence-corrected chi connectivity index (χ4v) is 4.25. The predicted molar refractivity (Wildman–Crippen MR) is 127 cm³/mol. The van der Waals surface area contributed by atoms with Crippen molar-refractivity contribution >= 4 is 29.2 Å². The summed E-state index contributed by atoms with van der Waals surface area (Å²) in [6, 6.07) is 17.1. The minimum absolute atomic E-state index is 0.0999. The minimum atomic E-state index is -1.02. The first-order valence-electron chi connectivity index (χ1n) is 10.8. The quantitative estimate of drug-likeness (QED) is 0.497. The van der Waals surface area contributed by atoms with Crippen molar-refractivity contribution in [2.45, 2.75) is 26.3 Å². The standard InChI is InChI=1S/C26H24ClNO5/c1-3-32-22-13-18-14-24(29)28(20-11-7-17(8-12-20)26(30)31)25(16-5-9-19(27)10-6-16)21(18)15-23(22)33-4-2/h5-13,15,25H,3-4,14H2,1-2H3,(H,30,31)/t25-/m0/s1. The van der Waals surface area contributed by atoms with Crippen LogP contribution < -0.4 is 14.4 Å². The highest BCUT2D eigenvalue weighted by Gasteiger charge is 2.36. The van der Waals surface area contributed by atoms with Crippen molar-refractivity contribution in [3.8, 4) is 11.5 Å². The van der Waals surface area contributed by atoms with Crippen molar-refractivity contribution in [3.63, 3.8) is 0 Å². The van der Waals surface area contributed by atoms with E-state index in [9.17, 15) is 14.7 Å². The molecule has 4 rings (SSSR count). The van der Waals surface area contributed by atoms with Gasteiger partial charge in [0.05, 0.1) is 31.2 Å². The molecule has 3 aromatic rings. The first-order chi connectivity index (χ1) is 15.9. The van der Waals surface area contributed by atoms with Gasteiger partial charge in [0.25, 0.3) is 0 Å². The van der Waals surface area contributed by atoms with E-state index >= 15 is 0 Å². The summed E-state index contributed by atoms with van der Waals surface area (Å²) in [5, 5.41) is 9.85. The normalized spacial score (nSPS) is 15.2. The smallest absolute Gasteiger partial charge is 0.335 e. The molecule has 0 aromatic heterocycles. The summed E-state index contributed by atoms with van der Waals surface area (Å²) in [6.07, 6.45) is 0.187. The van der Waals surface area contributed by atoms with Crippen molar-refractivity contribution in [2.75, 3.05) is 18.1 Å². The van der Waals surface area contributed by atoms with Crippen molar-refractivity contribution in [1.82, 2.24) is 0 Å². The number of hydrogen-bond acceptors (Lipinski definition) is 4. The Morgan fingerprint density at radius 3 is 2.18 bits per heavy atom. The lowest BCUT2D eigenvalue weighted by Crippen LogP contribution is -2.41. The van der Waals surface area contributed by atoms with Gasteiger partial charge in [0, 0.05) is 10.7 Å². The zero-order valence-electron chi connectivity index (χ0n) is 18.4. The molecule has 0 fully saturated rings. The molecule has 0 bridgehead atoms. The Morgan fingerprint density at radius 1 is 1.00 bits per heavy atom. The van der Waals surface area contributed by atoms with Crippen LogP contribution in [0.1, 0.15) is 46.9 Å². The van der Waals surface area contributed by atoms with Crippen LogP contribution in [0.2, 0.25) is 5.02 Å². The Hall–Kier alpha value is -3.51. The van der Waals surface area contributed by atoms with E-state index in [0.29, 0.717) is 35.4 Å². The Balaban J connectivity index is 1.89. The second-order valence-corrected chi connectivity index (χ2v) is 8.05. The van der Waals surface area contributed by atoms with Crippen molar-refractivity contribution in [2.24, 2.45) is 0 Å². The Labute approximate surface area is 197 Å². The van der Waals surface area contributed by atoms with Crippen LogP contribution in [0, 0.1) is 0 Å². The Bertz CT molecular complexity index is 1170. The van der Waals surface area contributed by atoms with Crippen LogP contribution in [-0.2, 0) is 11.2 Å². The zero-order valence-corrected chi connectivity index (χ0v) is 19.1. The van der Waals surface area contributed by atoms with E-state index in [1.165, 1.54) is 12.1 Å². The lowest BCUT2D eigenvalue weighted by molar-refractivity contribution is -0.118. The number of benzene rings is 3. The van der Waals surface area contributed by atoms with E-state index in [2.05, 4.69) is 0 Å². The minimum Gasteiger partial charge on any atom is -0.490 e. The molecule has 0 saturated carbocycles. The Kier molecular flexibility index (Phi) is 6.56. The number of hydrogen-bond donors (Lipinski definition) is 1. The number of amides is 1. The van der Waals surface area contributed by atoms with Gasteiger partial charge in [-0.05, 0) is 79.1 Å². The predicted octanol–water partition coefficient (Wildman–Crippen LogP) is 5.51. The maximum atomic E-state index is 13.4. The molecule has 0 spiro atoms. The maximum Gasteiger partial charge on any atom is 0.335 e. The second kappa shape index (κ2) is 9.55. The SMILES string of the molecule is CCOc1cc2c(cc1OCC)[C@H](c1ccc(Cl)cc1)N(c1ccc(C(=O)O)cc1)C(=O)C2. The van der Waals surface area contributed by atoms with Crippen LogP contribution in [-0.4, -0.2) is 30.2 Å². The average molecular weight is 466 g/mol. The third kappa shape index (κ3) is 4.52. The first kappa shape index (κ1) is 22.7. The van der Waals surface area contributed by atoms with Crippen LogP contribution in [0.15, 0.2) is 60.7 Å². The number of fused-ring (bicyclic) bond motifs is 1. The number of carboxylic acid groups (broad SMARTS) is 1. The molecule has 0 aliphatic carbocycles. The van der Waals surface area contributed by atoms with Crippen molar-refractivity contribution in [1.29, 1.82) is 0 Å². The van der Waals surface area contributed by atoms with Gasteiger partial charge < -0.3 is 19.5 Å². The summed E-state index contributed by atoms with van der Waals surface area (Å²) in [6.45, 7) is 4.77. The highest BCUT2D eigenvalue weighted by Crippen LogP contribution is 2.43. The molecule has 1 heterocycles. The summed E-state index contributed by atoms with van der Waals surface area (Å²) in [5.74, 6) is 0.112. The molecule has 1 atom stereocenters. The number of nitrogens with zero attached hydrogens (tertiary/aromatic N) is 1. The molecule has 3 aromatic carbocycles. The van der Waals surface area contributed by atoms with Gasteiger partial charge in [-0.25, -0.2) is 4.79 Å². The van der Waals surface area contributed by atoms with Crippen LogP contribution in [0.4, 0.5) is 5.69 Å². The summed E-state index contributed by atoms with van der Waals surface area (Å²) in [7, 11) is 0. The number of ether oxygens (including phenoxy) is 2. The first-order valence-corrected chi connectivity index (χ1v) is 11.1. The van der Waals surface area contributed by atoms with Gasteiger partial charge >= 0.3 is 5.97 Å². The average Bonchev–Trinajstić information content (AvgIpc) is 2.80. The third-order valence-corrected chi connectivity index (χ3v) is 5.80. The molecular weight excluding hydrogens is 442 g/mol. The topological polar surface area (TPSA) is 76.1 Å². The molecule has 0 saturated heterocycles. The number of carbonyl (C=O) groups is 2. The van der Waals surface area contributed by atoms with E-state index in [1.54, 1.807) is 29.2 Å². The van der Waals surface area contributed by atoms with Gasteiger partial charge in [0.1, 0.15) is 0 Å². The molecular formula is C26H24ClNO5. The number of rotatable bonds is 7. The van der Waals surface area contributed by atoms with E-state index < -0.39 is 12.0 Å². The van der Waals surface area contributed by atoms with E-state index in [1.807, 2.05) is 38.1 Å². The van der Waals surface area contributed by atoms with E-state index in [0.717, 1.165) is 16.7 Å². The molecule has 33 heavy (non-hydrogen) atoms. The van der Waals surface area contributed by atoms with Gasteiger partial charge in [-0.3, -0.25) is 4.79 Å². The summed E-state index contributed by atoms with van der Waals surface area (Å²) in [5.41, 5.74) is 3.44. The fraction of sp³-hybridized carbons (Fsp3) is 0.231. The largest absolute Gasteiger partial charge is 0.490 e. The number of carbonyl (C=O) groups excluding carboxylic acids is 1. The lowest BCUT2D eigenvalue weighted by Gasteiger charge is -2.38. The molecule has 1 N–H and O–H groups in total. The summed E-state index contributed by atoms with van der Waals surface area (Å²) >= 11 is 6.13. The van der Waals surface area contributed by atoms with Crippen LogP contribution >= 0.6 is 11.6 Å². The third-order valence-electron chi connectivity index (χ3n) is 5.55. The second-order valence-electron chi connectivity index (χ2n) is 7.61. The van der Waals surface area contributed by atoms with Gasteiger partial charge in [-0.15, -0.1) is 0 Å². The maximum absolute atomic E-state index is 13.4. The monoisotopic (exact) mass is 465 g/mol. The van der Waals surface area contributed by atoms with Gasteiger partial charge in [-0.2, -0.15) is 0 Å². The zero-order chi connectivity index (χ0) is 23.5. The van der Waals surface area contributed by atoms with Crippen molar-refractivity contribution < 1.29 is 24.2 Å². The molecule has 6 nitrogen and oxygen atoms in total. The molecule has 1 aliphatic rings. The summed E-state index contributed by atoms with van der Waals surface area (Å²) in [4.78, 5) is 26.4. The molecule has 0 radical (unpaired) electrons. The molecule has 1 aliphatic heterocycles.